The van der Waals surface area contributed by atoms with Crippen LogP contribution in [0.1, 0.15) is 58.0 Å². The third kappa shape index (κ3) is 5.39. The summed E-state index contributed by atoms with van der Waals surface area (Å²) in [5.41, 5.74) is 5.93. The van der Waals surface area contributed by atoms with E-state index in [0.29, 0.717) is 30.8 Å². The second kappa shape index (κ2) is 10.1. The molecule has 2 heterocycles. The topological polar surface area (TPSA) is 130 Å². The molecule has 2 aromatic carbocycles. The van der Waals surface area contributed by atoms with Crippen molar-refractivity contribution in [3.05, 3.63) is 76.6 Å². The van der Waals surface area contributed by atoms with Gasteiger partial charge in [0.2, 0.25) is 0 Å². The normalized spacial score (nSPS) is 16.8. The van der Waals surface area contributed by atoms with Gasteiger partial charge >= 0.3 is 0 Å². The SMILES string of the molecule is CC1(C)CC(N(C(=O)c2[nH]cnc2C(N)=O)c2ccc(NC(=O)c3ccc(F)cc3Cl)cc2)CCO1. The van der Waals surface area contributed by atoms with E-state index in [9.17, 15) is 18.8 Å². The number of nitrogens with zero attached hydrogens (tertiary/aromatic N) is 2. The summed E-state index contributed by atoms with van der Waals surface area (Å²) >= 11 is 5.99. The average Bonchev–Trinajstić information content (AvgIpc) is 3.30. The van der Waals surface area contributed by atoms with Crippen LogP contribution in [-0.4, -0.2) is 45.9 Å². The van der Waals surface area contributed by atoms with Gasteiger partial charge in [-0.2, -0.15) is 0 Å². The summed E-state index contributed by atoms with van der Waals surface area (Å²) in [5.74, 6) is -2.32. The van der Waals surface area contributed by atoms with E-state index >= 15 is 0 Å². The van der Waals surface area contributed by atoms with Gasteiger partial charge in [0.1, 0.15) is 11.5 Å². The summed E-state index contributed by atoms with van der Waals surface area (Å²) in [6.45, 7) is 4.36. The molecule has 4 rings (SSSR count). The summed E-state index contributed by atoms with van der Waals surface area (Å²) < 4.78 is 19.1. The summed E-state index contributed by atoms with van der Waals surface area (Å²) in [5, 5.41) is 2.70. The van der Waals surface area contributed by atoms with Crippen LogP contribution in [0.5, 0.6) is 0 Å². The van der Waals surface area contributed by atoms with Crippen molar-refractivity contribution in [1.82, 2.24) is 9.97 Å². The first kappa shape index (κ1) is 25.3. The minimum atomic E-state index is -0.815. The highest BCUT2D eigenvalue weighted by molar-refractivity contribution is 6.34. The van der Waals surface area contributed by atoms with Gasteiger partial charge in [0.25, 0.3) is 17.7 Å². The lowest BCUT2D eigenvalue weighted by Crippen LogP contribution is -2.49. The smallest absolute Gasteiger partial charge is 0.277 e. The van der Waals surface area contributed by atoms with E-state index in [0.717, 1.165) is 12.1 Å². The highest BCUT2D eigenvalue weighted by Crippen LogP contribution is 2.32. The van der Waals surface area contributed by atoms with E-state index in [1.807, 2.05) is 13.8 Å². The molecule has 1 unspecified atom stereocenters. The minimum Gasteiger partial charge on any atom is -0.375 e. The predicted molar refractivity (Wildman–Crippen MR) is 133 cm³/mol. The largest absolute Gasteiger partial charge is 0.375 e. The number of hydrogen-bond acceptors (Lipinski definition) is 5. The number of carbonyl (C=O) groups is 3. The molecule has 0 bridgehead atoms. The molecular weight excluding hydrogens is 489 g/mol. The van der Waals surface area contributed by atoms with Gasteiger partial charge in [-0.15, -0.1) is 0 Å². The van der Waals surface area contributed by atoms with E-state index in [-0.39, 0.29) is 28.0 Å². The Balaban J connectivity index is 1.63. The van der Waals surface area contributed by atoms with Crippen molar-refractivity contribution in [2.24, 2.45) is 5.73 Å². The number of halogens is 2. The van der Waals surface area contributed by atoms with Gasteiger partial charge in [0.05, 0.1) is 22.5 Å². The molecular formula is C25H25ClFN5O4. The van der Waals surface area contributed by atoms with Crippen LogP contribution in [0.4, 0.5) is 15.8 Å². The zero-order valence-corrected chi connectivity index (χ0v) is 20.4. The number of aromatic amines is 1. The van der Waals surface area contributed by atoms with Crippen LogP contribution in [0.3, 0.4) is 0 Å². The summed E-state index contributed by atoms with van der Waals surface area (Å²) in [6.07, 6.45) is 2.38. The molecule has 4 N–H and O–H groups in total. The lowest BCUT2D eigenvalue weighted by molar-refractivity contribution is -0.0582. The Hall–Kier alpha value is -3.76. The van der Waals surface area contributed by atoms with Crippen molar-refractivity contribution in [1.29, 1.82) is 0 Å². The van der Waals surface area contributed by atoms with Crippen LogP contribution >= 0.6 is 11.6 Å². The van der Waals surface area contributed by atoms with Crippen molar-refractivity contribution >= 4 is 40.7 Å². The number of ether oxygens (including phenoxy) is 1. The quantitative estimate of drug-likeness (QED) is 0.455. The number of hydrogen-bond donors (Lipinski definition) is 3. The predicted octanol–water partition coefficient (Wildman–Crippen LogP) is 4.16. The fourth-order valence-corrected chi connectivity index (χ4v) is 4.51. The minimum absolute atomic E-state index is 0.00451. The van der Waals surface area contributed by atoms with Crippen molar-refractivity contribution in [2.45, 2.75) is 38.3 Å². The molecule has 36 heavy (non-hydrogen) atoms. The number of carbonyl (C=O) groups excluding carboxylic acids is 3. The van der Waals surface area contributed by atoms with Gasteiger partial charge in [0, 0.05) is 24.0 Å². The van der Waals surface area contributed by atoms with Crippen LogP contribution in [0.25, 0.3) is 0 Å². The van der Waals surface area contributed by atoms with Gasteiger partial charge in [-0.1, -0.05) is 11.6 Å². The molecule has 1 aliphatic heterocycles. The maximum atomic E-state index is 13.6. The van der Waals surface area contributed by atoms with Gasteiger partial charge in [-0.05, 0) is 69.2 Å². The fraction of sp³-hybridized carbons (Fsp3) is 0.280. The monoisotopic (exact) mass is 513 g/mol. The number of rotatable bonds is 6. The summed E-state index contributed by atoms with van der Waals surface area (Å²) in [4.78, 5) is 46.3. The van der Waals surface area contributed by atoms with Crippen molar-refractivity contribution in [3.8, 4) is 0 Å². The maximum Gasteiger partial charge on any atom is 0.277 e. The molecule has 1 aromatic heterocycles. The Morgan fingerprint density at radius 2 is 1.94 bits per heavy atom. The zero-order valence-electron chi connectivity index (χ0n) is 19.7. The van der Waals surface area contributed by atoms with Crippen LogP contribution < -0.4 is 16.0 Å². The third-order valence-corrected chi connectivity index (χ3v) is 6.23. The van der Waals surface area contributed by atoms with Gasteiger partial charge in [-0.3, -0.25) is 14.4 Å². The molecule has 0 saturated carbocycles. The van der Waals surface area contributed by atoms with Crippen LogP contribution in [-0.2, 0) is 4.74 Å². The van der Waals surface area contributed by atoms with Gasteiger partial charge < -0.3 is 25.7 Å². The first-order valence-corrected chi connectivity index (χ1v) is 11.6. The lowest BCUT2D eigenvalue weighted by Gasteiger charge is -2.41. The van der Waals surface area contributed by atoms with E-state index in [4.69, 9.17) is 22.1 Å². The maximum absolute atomic E-state index is 13.6. The second-order valence-corrected chi connectivity index (χ2v) is 9.45. The van der Waals surface area contributed by atoms with Crippen LogP contribution in [0.15, 0.2) is 48.8 Å². The number of aromatic nitrogens is 2. The van der Waals surface area contributed by atoms with E-state index in [1.165, 1.54) is 12.4 Å². The Kier molecular flexibility index (Phi) is 7.09. The fourth-order valence-electron chi connectivity index (χ4n) is 4.26. The van der Waals surface area contributed by atoms with Crippen molar-refractivity contribution in [2.75, 3.05) is 16.8 Å². The highest BCUT2D eigenvalue weighted by atomic mass is 35.5. The molecule has 1 aliphatic rings. The standard InChI is InChI=1S/C25H25ClFN5O4/c1-25(2)12-17(9-10-36-25)32(24(35)21-20(22(28)33)29-13-30-21)16-6-4-15(5-7-16)31-23(34)18-8-3-14(27)11-19(18)26/h3-8,11,13,17H,9-10,12H2,1-2H3,(H2,28,33)(H,29,30)(H,31,34). The van der Waals surface area contributed by atoms with Crippen LogP contribution in [0, 0.1) is 5.82 Å². The molecule has 188 valence electrons. The Bertz CT molecular complexity index is 1310. The molecule has 3 aromatic rings. The molecule has 1 saturated heterocycles. The average molecular weight is 514 g/mol. The number of H-pyrrole nitrogens is 1. The molecule has 1 fully saturated rings. The number of amides is 3. The molecule has 0 aliphatic carbocycles. The second-order valence-electron chi connectivity index (χ2n) is 9.05. The lowest BCUT2D eigenvalue weighted by atomic mass is 9.92. The number of imidazole rings is 1. The number of nitrogens with one attached hydrogen (secondary N) is 2. The molecule has 0 radical (unpaired) electrons. The molecule has 3 amide bonds. The van der Waals surface area contributed by atoms with E-state index in [2.05, 4.69) is 15.3 Å². The van der Waals surface area contributed by atoms with Gasteiger partial charge in [0.15, 0.2) is 5.69 Å². The molecule has 9 nitrogen and oxygen atoms in total. The van der Waals surface area contributed by atoms with E-state index in [1.54, 1.807) is 29.2 Å². The Morgan fingerprint density at radius 3 is 2.58 bits per heavy atom. The number of anilines is 2. The van der Waals surface area contributed by atoms with Crippen molar-refractivity contribution < 1.29 is 23.5 Å². The number of primary amides is 1. The van der Waals surface area contributed by atoms with Crippen molar-refractivity contribution in [3.63, 3.8) is 0 Å². The first-order valence-electron chi connectivity index (χ1n) is 11.2. The molecule has 11 heteroatoms. The summed E-state index contributed by atoms with van der Waals surface area (Å²) in [6, 6.07) is 9.92. The van der Waals surface area contributed by atoms with Crippen LogP contribution in [0.2, 0.25) is 5.02 Å². The number of nitrogens with two attached hydrogens (primary N) is 1. The summed E-state index contributed by atoms with van der Waals surface area (Å²) in [7, 11) is 0. The molecule has 0 spiro atoms. The highest BCUT2D eigenvalue weighted by Gasteiger charge is 2.37. The third-order valence-electron chi connectivity index (χ3n) is 5.92. The van der Waals surface area contributed by atoms with Gasteiger partial charge in [-0.25, -0.2) is 9.37 Å². The first-order chi connectivity index (χ1) is 17.1. The zero-order chi connectivity index (χ0) is 26.0. The Labute approximate surface area is 211 Å². The Morgan fingerprint density at radius 1 is 1.22 bits per heavy atom. The number of benzene rings is 2. The van der Waals surface area contributed by atoms with E-state index < -0.39 is 29.1 Å². The molecule has 1 atom stereocenters.